The van der Waals surface area contributed by atoms with Crippen LogP contribution in [0.2, 0.25) is 0 Å². The van der Waals surface area contributed by atoms with E-state index >= 15 is 14.4 Å². The molecular formula is C53H54N4O11. The molecule has 4 amide bonds. The van der Waals surface area contributed by atoms with Gasteiger partial charge in [-0.3, -0.25) is 19.3 Å². The Balaban J connectivity index is 1.33. The Morgan fingerprint density at radius 1 is 0.794 bits per heavy atom. The normalized spacial score (nSPS) is 23.3. The van der Waals surface area contributed by atoms with Crippen LogP contribution in [0.1, 0.15) is 65.4 Å². The van der Waals surface area contributed by atoms with E-state index in [9.17, 15) is 14.7 Å². The van der Waals surface area contributed by atoms with Crippen LogP contribution in [0.4, 0.5) is 10.5 Å². The molecule has 7 atom stereocenters. The number of amides is 4. The Labute approximate surface area is 394 Å². The number of benzene rings is 5. The van der Waals surface area contributed by atoms with Gasteiger partial charge < -0.3 is 39.0 Å². The van der Waals surface area contributed by atoms with Crippen molar-refractivity contribution in [3.63, 3.8) is 0 Å². The first-order valence-electron chi connectivity index (χ1n) is 22.7. The molecule has 5 aromatic carbocycles. The second-order valence-corrected chi connectivity index (χ2v) is 17.7. The van der Waals surface area contributed by atoms with E-state index in [2.05, 4.69) is 5.32 Å². The first-order chi connectivity index (χ1) is 33.0. The van der Waals surface area contributed by atoms with Gasteiger partial charge >= 0.3 is 18.0 Å². The fourth-order valence-electron chi connectivity index (χ4n) is 10.9. The maximum absolute atomic E-state index is 16.6. The molecule has 1 spiro atoms. The molecule has 0 aromatic heterocycles. The van der Waals surface area contributed by atoms with E-state index < -0.39 is 77.3 Å². The van der Waals surface area contributed by atoms with Gasteiger partial charge in [-0.15, -0.1) is 0 Å². The van der Waals surface area contributed by atoms with E-state index in [-0.39, 0.29) is 32.0 Å². The van der Waals surface area contributed by atoms with Crippen LogP contribution in [0, 0.1) is 11.8 Å². The molecule has 0 radical (unpaired) electrons. The molecule has 9 rings (SSSR count). The van der Waals surface area contributed by atoms with Crippen LogP contribution >= 0.6 is 0 Å². The number of carbonyl (C=O) groups excluding carboxylic acids is 5. The van der Waals surface area contributed by atoms with Gasteiger partial charge in [0.15, 0.2) is 11.5 Å². The molecule has 0 bridgehead atoms. The van der Waals surface area contributed by atoms with Gasteiger partial charge in [-0.1, -0.05) is 111 Å². The van der Waals surface area contributed by atoms with Crippen molar-refractivity contribution in [2.45, 2.75) is 62.5 Å². The third-order valence-corrected chi connectivity index (χ3v) is 13.8. The third kappa shape index (κ3) is 7.49. The second-order valence-electron chi connectivity index (χ2n) is 17.7. The lowest BCUT2D eigenvalue weighted by atomic mass is 9.65. The number of aliphatic hydroxyl groups excluding tert-OH is 1. The van der Waals surface area contributed by atoms with Crippen molar-refractivity contribution in [3.8, 4) is 17.2 Å². The van der Waals surface area contributed by atoms with Crippen molar-refractivity contribution >= 4 is 35.5 Å². The molecule has 4 heterocycles. The monoisotopic (exact) mass is 922 g/mol. The number of para-hydroxylation sites is 2. The number of anilines is 1. The summed E-state index contributed by atoms with van der Waals surface area (Å²) in [7, 11) is 4.32. The van der Waals surface area contributed by atoms with Crippen LogP contribution in [0.3, 0.4) is 0 Å². The number of carbonyl (C=O) groups is 5. The number of imide groups is 1. The quantitative estimate of drug-likeness (QED) is 0.135. The number of fused-ring (bicyclic) bond motifs is 4. The van der Waals surface area contributed by atoms with Crippen molar-refractivity contribution in [1.82, 2.24) is 15.1 Å². The Morgan fingerprint density at radius 3 is 2.09 bits per heavy atom. The number of morpholine rings is 1. The lowest BCUT2D eigenvalue weighted by molar-refractivity contribution is -0.179. The van der Waals surface area contributed by atoms with Gasteiger partial charge in [0.1, 0.15) is 36.0 Å². The number of cyclic esters (lactones) is 1. The zero-order chi connectivity index (χ0) is 47.9. The third-order valence-electron chi connectivity index (χ3n) is 13.8. The first-order valence-corrected chi connectivity index (χ1v) is 22.7. The second kappa shape index (κ2) is 18.8. The average molecular weight is 923 g/mol. The highest BCUT2D eigenvalue weighted by molar-refractivity contribution is 6.25. The molecule has 0 unspecified atom stereocenters. The summed E-state index contributed by atoms with van der Waals surface area (Å²) in [6.07, 6.45) is -0.517. The average Bonchev–Trinajstić information content (AvgIpc) is 3.83. The molecule has 4 aliphatic rings. The number of esters is 2. The van der Waals surface area contributed by atoms with Crippen LogP contribution in [-0.4, -0.2) is 97.9 Å². The van der Waals surface area contributed by atoms with E-state index in [4.69, 9.17) is 23.7 Å². The topological polar surface area (TPSA) is 173 Å². The predicted molar refractivity (Wildman–Crippen MR) is 249 cm³/mol. The summed E-state index contributed by atoms with van der Waals surface area (Å²) in [5.41, 5.74) is 2.03. The number of hydrogen-bond acceptors (Lipinski definition) is 12. The molecule has 4 aliphatic heterocycles. The van der Waals surface area contributed by atoms with Gasteiger partial charge in [0.2, 0.25) is 11.8 Å². The molecule has 5 aromatic rings. The number of ether oxygens (including phenoxy) is 5. The summed E-state index contributed by atoms with van der Waals surface area (Å²) < 4.78 is 29.3. The van der Waals surface area contributed by atoms with Crippen molar-refractivity contribution in [2.75, 3.05) is 46.0 Å². The molecule has 0 aliphatic carbocycles. The van der Waals surface area contributed by atoms with Crippen LogP contribution in [0.15, 0.2) is 121 Å². The molecule has 15 heteroatoms. The highest BCUT2D eigenvalue weighted by Crippen LogP contribution is 2.67. The van der Waals surface area contributed by atoms with E-state index in [1.54, 1.807) is 74.4 Å². The SMILES string of the molecule is COC(=O)[C@@H](NC(=O)N1C(=O)[C@@]2(c3ccccc31)[C@H](C(=O)N1CCc3cc(OC)c(OC)cc3C1)[C@H]1C(=O)O[C@H](c3ccccc3)[C@H](c3ccccc3)N1[C@@H]2c1ccccc1OCCO)C(C)C. The molecule has 2 fully saturated rings. The number of hydrogen-bond donors (Lipinski definition) is 2. The van der Waals surface area contributed by atoms with Crippen LogP contribution in [0.25, 0.3) is 0 Å². The van der Waals surface area contributed by atoms with Crippen molar-refractivity contribution < 1.29 is 52.8 Å². The van der Waals surface area contributed by atoms with Gasteiger partial charge in [-0.05, 0) is 64.4 Å². The minimum absolute atomic E-state index is 0.105. The standard InChI is InChI=1S/C53H54N4O11/c1-31(2)43(49(60)66-5)54-52(63)56-38-22-14-13-21-37(38)53(51(56)62)42(48(59)55-25-24-34-28-40(64-3)41(65-4)29-35(34)30-55)45-50(61)68-46(33-18-10-7-11-19-33)44(32-16-8-6-9-17-32)57(45)47(53)36-20-12-15-23-39(36)67-27-26-58/h6-23,28-29,31,42-47,58H,24-27,30H2,1-5H3,(H,54,63)/t42-,43-,44-,45-,46+,47+,53-/m0/s1. The van der Waals surface area contributed by atoms with Crippen molar-refractivity contribution in [3.05, 3.63) is 155 Å². The maximum atomic E-state index is 16.6. The highest BCUT2D eigenvalue weighted by atomic mass is 16.6. The maximum Gasteiger partial charge on any atom is 0.329 e. The number of urea groups is 1. The summed E-state index contributed by atoms with van der Waals surface area (Å²) in [4.78, 5) is 81.2. The van der Waals surface area contributed by atoms with E-state index in [0.29, 0.717) is 40.4 Å². The molecular weight excluding hydrogens is 869 g/mol. The van der Waals surface area contributed by atoms with Crippen molar-refractivity contribution in [1.29, 1.82) is 0 Å². The van der Waals surface area contributed by atoms with Gasteiger partial charge in [0.05, 0.1) is 51.6 Å². The minimum atomic E-state index is -2.05. The number of methoxy groups -OCH3 is 3. The van der Waals surface area contributed by atoms with Gasteiger partial charge in [-0.25, -0.2) is 14.5 Å². The number of aliphatic hydroxyl groups is 1. The number of nitrogens with zero attached hydrogens (tertiary/aromatic N) is 3. The van der Waals surface area contributed by atoms with Crippen LogP contribution < -0.4 is 24.4 Å². The van der Waals surface area contributed by atoms with E-state index in [1.165, 1.54) is 14.2 Å². The first kappa shape index (κ1) is 45.9. The fraction of sp³-hybridized carbons (Fsp3) is 0.340. The Hall–Kier alpha value is -7.23. The summed E-state index contributed by atoms with van der Waals surface area (Å²) >= 11 is 0. The lowest BCUT2D eigenvalue weighted by Crippen LogP contribution is -2.58. The van der Waals surface area contributed by atoms with Crippen molar-refractivity contribution in [2.24, 2.45) is 11.8 Å². The van der Waals surface area contributed by atoms with E-state index in [0.717, 1.165) is 21.6 Å². The molecule has 0 saturated carbocycles. The zero-order valence-electron chi connectivity index (χ0n) is 38.5. The molecule has 352 valence electrons. The minimum Gasteiger partial charge on any atom is -0.493 e. The van der Waals surface area contributed by atoms with Crippen LogP contribution in [0.5, 0.6) is 17.2 Å². The summed E-state index contributed by atoms with van der Waals surface area (Å²) in [6, 6.07) is 30.9. The Bertz CT molecular complexity index is 2730. The van der Waals surface area contributed by atoms with E-state index in [1.807, 2.05) is 77.7 Å². The largest absolute Gasteiger partial charge is 0.493 e. The predicted octanol–water partition coefficient (Wildman–Crippen LogP) is 6.23. The van der Waals surface area contributed by atoms with Gasteiger partial charge in [0, 0.05) is 18.7 Å². The smallest absolute Gasteiger partial charge is 0.329 e. The molecule has 2 saturated heterocycles. The molecule has 2 N–H and O–H groups in total. The number of nitrogens with one attached hydrogen (secondary N) is 1. The van der Waals surface area contributed by atoms with Crippen LogP contribution in [-0.2, 0) is 47.0 Å². The molecule has 15 nitrogen and oxygen atoms in total. The highest BCUT2D eigenvalue weighted by Gasteiger charge is 2.76. The number of rotatable bonds is 12. The van der Waals surface area contributed by atoms with Gasteiger partial charge in [0.25, 0.3) is 0 Å². The Morgan fingerprint density at radius 2 is 1.43 bits per heavy atom. The lowest BCUT2D eigenvalue weighted by Gasteiger charge is -2.46. The Kier molecular flexibility index (Phi) is 12.7. The summed E-state index contributed by atoms with van der Waals surface area (Å²) in [6.45, 7) is 3.38. The van der Waals surface area contributed by atoms with Gasteiger partial charge in [-0.2, -0.15) is 0 Å². The summed E-state index contributed by atoms with van der Waals surface area (Å²) in [5.74, 6) is -3.39. The zero-order valence-corrected chi connectivity index (χ0v) is 38.5. The molecule has 68 heavy (non-hydrogen) atoms. The summed E-state index contributed by atoms with van der Waals surface area (Å²) in [5, 5.41) is 12.9. The fourth-order valence-corrected chi connectivity index (χ4v) is 10.9.